The highest BCUT2D eigenvalue weighted by Gasteiger charge is 1.97. The standard InChI is InChI=1S/C6H8Cl2O2/c1-4(3-6(7)8)10-5(2)9/h3,6H,1-2H3. The molecule has 0 aliphatic rings. The van der Waals surface area contributed by atoms with E-state index in [0.717, 1.165) is 0 Å². The van der Waals surface area contributed by atoms with E-state index in [2.05, 4.69) is 4.74 Å². The lowest BCUT2D eigenvalue weighted by Crippen LogP contribution is -1.96. The first-order chi connectivity index (χ1) is 4.52. The Morgan fingerprint density at radius 2 is 2.00 bits per heavy atom. The van der Waals surface area contributed by atoms with Crippen molar-refractivity contribution in [1.29, 1.82) is 0 Å². The van der Waals surface area contributed by atoms with Gasteiger partial charge in [0.25, 0.3) is 0 Å². The number of allylic oxidation sites excluding steroid dienone is 2. The van der Waals surface area contributed by atoms with E-state index < -0.39 is 4.84 Å². The Morgan fingerprint density at radius 3 is 2.30 bits per heavy atom. The Labute approximate surface area is 69.8 Å². The van der Waals surface area contributed by atoms with Crippen LogP contribution in [0, 0.1) is 0 Å². The van der Waals surface area contributed by atoms with Gasteiger partial charge in [-0.1, -0.05) is 0 Å². The molecule has 0 heterocycles. The van der Waals surface area contributed by atoms with Crippen LogP contribution in [0.5, 0.6) is 0 Å². The molecule has 0 aromatic carbocycles. The summed E-state index contributed by atoms with van der Waals surface area (Å²) in [6, 6.07) is 0. The molecular formula is C6H8Cl2O2. The Bertz CT molecular complexity index is 152. The van der Waals surface area contributed by atoms with Gasteiger partial charge in [0.15, 0.2) is 0 Å². The third-order valence-electron chi connectivity index (χ3n) is 0.665. The Morgan fingerprint density at radius 1 is 1.50 bits per heavy atom. The highest BCUT2D eigenvalue weighted by atomic mass is 35.5. The average molecular weight is 183 g/mol. The van der Waals surface area contributed by atoms with Crippen LogP contribution in [0.3, 0.4) is 0 Å². The number of hydrogen-bond donors (Lipinski definition) is 0. The summed E-state index contributed by atoms with van der Waals surface area (Å²) in [4.78, 5) is 9.66. The lowest BCUT2D eigenvalue weighted by Gasteiger charge is -1.99. The molecule has 0 aromatic heterocycles. The second-order valence-corrected chi connectivity index (χ2v) is 2.87. The molecule has 0 amide bonds. The van der Waals surface area contributed by atoms with Crippen molar-refractivity contribution in [2.24, 2.45) is 0 Å². The summed E-state index contributed by atoms with van der Waals surface area (Å²) in [7, 11) is 0. The molecule has 2 nitrogen and oxygen atoms in total. The molecule has 0 aliphatic carbocycles. The van der Waals surface area contributed by atoms with E-state index in [4.69, 9.17) is 23.2 Å². The lowest BCUT2D eigenvalue weighted by atomic mass is 10.5. The van der Waals surface area contributed by atoms with Gasteiger partial charge in [-0.3, -0.25) is 4.79 Å². The second kappa shape index (κ2) is 4.58. The Hall–Kier alpha value is -0.210. The minimum Gasteiger partial charge on any atom is -0.432 e. The van der Waals surface area contributed by atoms with Gasteiger partial charge in [0, 0.05) is 6.92 Å². The van der Waals surface area contributed by atoms with Crippen molar-refractivity contribution in [2.75, 3.05) is 0 Å². The quantitative estimate of drug-likeness (QED) is 0.372. The summed E-state index contributed by atoms with van der Waals surface area (Å²) in [5, 5.41) is 0. The molecule has 10 heavy (non-hydrogen) atoms. The molecule has 0 fully saturated rings. The van der Waals surface area contributed by atoms with Crippen molar-refractivity contribution in [2.45, 2.75) is 18.7 Å². The van der Waals surface area contributed by atoms with Gasteiger partial charge in [-0.2, -0.15) is 0 Å². The average Bonchev–Trinajstić information content (AvgIpc) is 1.58. The SMILES string of the molecule is CC(=O)OC(C)=CC(Cl)Cl. The van der Waals surface area contributed by atoms with Crippen LogP contribution < -0.4 is 0 Å². The van der Waals surface area contributed by atoms with Crippen LogP contribution in [0.15, 0.2) is 11.8 Å². The summed E-state index contributed by atoms with van der Waals surface area (Å²) in [5.41, 5.74) is 0. The third-order valence-corrected chi connectivity index (χ3v) is 0.917. The predicted octanol–water partition coefficient (Wildman–Crippen LogP) is 2.26. The van der Waals surface area contributed by atoms with Crippen LogP contribution >= 0.6 is 23.2 Å². The van der Waals surface area contributed by atoms with Crippen molar-refractivity contribution in [3.63, 3.8) is 0 Å². The zero-order valence-corrected chi connectivity index (χ0v) is 7.24. The molecule has 58 valence electrons. The predicted molar refractivity (Wildman–Crippen MR) is 41.0 cm³/mol. The zero-order valence-electron chi connectivity index (χ0n) is 5.73. The van der Waals surface area contributed by atoms with Crippen LogP contribution in [0.2, 0.25) is 0 Å². The van der Waals surface area contributed by atoms with Crippen molar-refractivity contribution in [1.82, 2.24) is 0 Å². The summed E-state index contributed by atoms with van der Waals surface area (Å²) < 4.78 is 4.61. The van der Waals surface area contributed by atoms with Gasteiger partial charge >= 0.3 is 5.97 Å². The minimum atomic E-state index is -0.626. The van der Waals surface area contributed by atoms with E-state index in [1.165, 1.54) is 13.0 Å². The summed E-state index contributed by atoms with van der Waals surface area (Å²) in [6.07, 6.45) is 1.44. The van der Waals surface area contributed by atoms with Gasteiger partial charge in [-0.15, -0.1) is 23.2 Å². The Balaban J connectivity index is 3.82. The molecule has 0 aromatic rings. The van der Waals surface area contributed by atoms with Gasteiger partial charge in [-0.25, -0.2) is 0 Å². The highest BCUT2D eigenvalue weighted by molar-refractivity contribution is 6.45. The minimum absolute atomic E-state index is 0.372. The summed E-state index contributed by atoms with van der Waals surface area (Å²) >= 11 is 10.7. The van der Waals surface area contributed by atoms with Crippen molar-refractivity contribution < 1.29 is 9.53 Å². The molecule has 0 unspecified atom stereocenters. The number of hydrogen-bond acceptors (Lipinski definition) is 2. The fraction of sp³-hybridized carbons (Fsp3) is 0.500. The van der Waals surface area contributed by atoms with Gasteiger partial charge in [0.1, 0.15) is 10.6 Å². The first-order valence-electron chi connectivity index (χ1n) is 2.67. The van der Waals surface area contributed by atoms with Gasteiger partial charge in [0.05, 0.1) is 0 Å². The number of alkyl halides is 2. The number of carbonyl (C=O) groups excluding carboxylic acids is 1. The van der Waals surface area contributed by atoms with Crippen LogP contribution in [0.25, 0.3) is 0 Å². The van der Waals surface area contributed by atoms with E-state index in [1.54, 1.807) is 6.92 Å². The smallest absolute Gasteiger partial charge is 0.307 e. The molecule has 0 spiro atoms. The van der Waals surface area contributed by atoms with Gasteiger partial charge in [-0.05, 0) is 13.0 Å². The normalized spacial score (nSPS) is 11.9. The third kappa shape index (κ3) is 5.92. The Kier molecular flexibility index (Phi) is 4.49. The highest BCUT2D eigenvalue weighted by Crippen LogP contribution is 2.07. The van der Waals surface area contributed by atoms with E-state index >= 15 is 0 Å². The van der Waals surface area contributed by atoms with Crippen molar-refractivity contribution in [3.8, 4) is 0 Å². The number of halogens is 2. The van der Waals surface area contributed by atoms with E-state index in [1.807, 2.05) is 0 Å². The maximum absolute atomic E-state index is 10.3. The maximum atomic E-state index is 10.3. The molecule has 0 N–H and O–H groups in total. The number of ether oxygens (including phenoxy) is 1. The van der Waals surface area contributed by atoms with Crippen molar-refractivity contribution in [3.05, 3.63) is 11.8 Å². The van der Waals surface area contributed by atoms with Crippen LogP contribution in [-0.4, -0.2) is 10.8 Å². The molecule has 4 heteroatoms. The maximum Gasteiger partial charge on any atom is 0.307 e. The van der Waals surface area contributed by atoms with E-state index in [0.29, 0.717) is 5.76 Å². The van der Waals surface area contributed by atoms with Gasteiger partial charge in [0.2, 0.25) is 0 Å². The number of esters is 1. The van der Waals surface area contributed by atoms with Crippen LogP contribution in [0.1, 0.15) is 13.8 Å². The molecule has 0 rings (SSSR count). The largest absolute Gasteiger partial charge is 0.432 e. The molecule has 0 saturated heterocycles. The molecule has 0 bridgehead atoms. The van der Waals surface area contributed by atoms with E-state index in [9.17, 15) is 4.79 Å². The molecule has 0 aliphatic heterocycles. The van der Waals surface area contributed by atoms with Gasteiger partial charge < -0.3 is 4.74 Å². The fourth-order valence-corrected chi connectivity index (χ4v) is 0.793. The van der Waals surface area contributed by atoms with E-state index in [-0.39, 0.29) is 5.97 Å². The monoisotopic (exact) mass is 182 g/mol. The first-order valence-corrected chi connectivity index (χ1v) is 3.54. The molecule has 0 radical (unpaired) electrons. The number of rotatable bonds is 2. The van der Waals surface area contributed by atoms with Crippen molar-refractivity contribution >= 4 is 29.2 Å². The second-order valence-electron chi connectivity index (χ2n) is 1.71. The first kappa shape index (κ1) is 9.79. The topological polar surface area (TPSA) is 26.3 Å². The fourth-order valence-electron chi connectivity index (χ4n) is 0.438. The number of carbonyl (C=O) groups is 1. The van der Waals surface area contributed by atoms with Crippen LogP contribution in [0.4, 0.5) is 0 Å². The zero-order chi connectivity index (χ0) is 8.15. The molecule has 0 atom stereocenters. The molecule has 0 saturated carbocycles. The lowest BCUT2D eigenvalue weighted by molar-refractivity contribution is -0.136. The molecular weight excluding hydrogens is 175 g/mol. The summed E-state index contributed by atoms with van der Waals surface area (Å²) in [6.45, 7) is 2.92. The van der Waals surface area contributed by atoms with Crippen LogP contribution in [-0.2, 0) is 9.53 Å². The summed E-state index contributed by atoms with van der Waals surface area (Å²) in [5.74, 6) is 0.0465.